The van der Waals surface area contributed by atoms with E-state index in [2.05, 4.69) is 64.9 Å². The minimum absolute atomic E-state index is 0.122. The molecule has 1 aromatic heterocycles. The van der Waals surface area contributed by atoms with Crippen molar-refractivity contribution in [2.75, 3.05) is 69.0 Å². The van der Waals surface area contributed by atoms with Gasteiger partial charge in [-0.25, -0.2) is 0 Å². The zero-order valence-electron chi connectivity index (χ0n) is 40.2. The average Bonchev–Trinajstić information content (AvgIpc) is 3.27. The molecule has 14 nitrogen and oxygen atoms in total. The fourth-order valence-corrected chi connectivity index (χ4v) is 12.0. The van der Waals surface area contributed by atoms with Crippen LogP contribution in [0.5, 0.6) is 0 Å². The Bertz CT molecular complexity index is 1370. The fourth-order valence-electron chi connectivity index (χ4n) is 12.0. The van der Waals surface area contributed by atoms with Gasteiger partial charge >= 0.3 is 0 Å². The molecule has 1 aromatic rings. The van der Waals surface area contributed by atoms with Gasteiger partial charge in [0.25, 0.3) is 0 Å². The molecule has 0 radical (unpaired) electrons. The molecule has 0 amide bonds. The molecular weight excluding hydrogens is 783 g/mol. The van der Waals surface area contributed by atoms with E-state index in [-0.39, 0.29) is 29.2 Å². The molecule has 0 aromatic carbocycles. The molecule has 6 fully saturated rings. The van der Waals surface area contributed by atoms with Crippen LogP contribution in [-0.2, 0) is 24.0 Å². The van der Waals surface area contributed by atoms with Crippen molar-refractivity contribution in [2.45, 2.75) is 230 Å². The van der Waals surface area contributed by atoms with E-state index in [1.807, 2.05) is 0 Å². The summed E-state index contributed by atoms with van der Waals surface area (Å²) in [4.78, 5) is 40.5. The Kier molecular flexibility index (Phi) is 17.8. The number of anilines is 3. The van der Waals surface area contributed by atoms with Crippen molar-refractivity contribution < 1.29 is 24.0 Å². The second-order valence-electron chi connectivity index (χ2n) is 21.1. The highest BCUT2D eigenvalue weighted by Crippen LogP contribution is 2.45. The van der Waals surface area contributed by atoms with Crippen molar-refractivity contribution in [3.63, 3.8) is 0 Å². The summed E-state index contributed by atoms with van der Waals surface area (Å²) < 4.78 is 11.9. The first-order chi connectivity index (χ1) is 30.0. The lowest BCUT2D eigenvalue weighted by atomic mass is 9.71. The monoisotopic (exact) mass is 870 g/mol. The quantitative estimate of drug-likeness (QED) is 0.133. The average molecular weight is 870 g/mol. The molecule has 1 N–H and O–H groups in total. The van der Waals surface area contributed by atoms with E-state index >= 15 is 0 Å². The summed E-state index contributed by atoms with van der Waals surface area (Å²) in [5.41, 5.74) is -0.245. The molecule has 14 heteroatoms. The van der Waals surface area contributed by atoms with Gasteiger partial charge in [-0.05, 0) is 117 Å². The maximum absolute atomic E-state index is 6.93. The van der Waals surface area contributed by atoms with Crippen molar-refractivity contribution in [1.82, 2.24) is 30.1 Å². The molecule has 0 spiro atoms. The first kappa shape index (κ1) is 48.0. The van der Waals surface area contributed by atoms with Gasteiger partial charge in [0, 0.05) is 69.6 Å². The Hall–Kier alpha value is -1.91. The Balaban J connectivity index is 1.13. The number of hydroxylamine groups is 6. The molecule has 3 aliphatic heterocycles. The van der Waals surface area contributed by atoms with Crippen LogP contribution in [0.3, 0.4) is 0 Å². The molecule has 7 rings (SSSR count). The summed E-state index contributed by atoms with van der Waals surface area (Å²) in [5, 5.41) is 10.8. The van der Waals surface area contributed by atoms with Gasteiger partial charge in [0.05, 0.1) is 18.3 Å². The van der Waals surface area contributed by atoms with Crippen LogP contribution in [0.25, 0.3) is 0 Å². The van der Waals surface area contributed by atoms with Crippen molar-refractivity contribution >= 4 is 17.8 Å². The third kappa shape index (κ3) is 12.9. The summed E-state index contributed by atoms with van der Waals surface area (Å²) in [6.45, 7) is 16.2. The minimum atomic E-state index is -0.122. The normalized spacial score (nSPS) is 25.5. The van der Waals surface area contributed by atoms with E-state index in [0.717, 1.165) is 90.4 Å². The summed E-state index contributed by atoms with van der Waals surface area (Å²) >= 11 is 0. The predicted molar refractivity (Wildman–Crippen MR) is 247 cm³/mol. The Morgan fingerprint density at radius 1 is 0.581 bits per heavy atom. The van der Waals surface area contributed by atoms with Gasteiger partial charge in [-0.15, -0.1) is 0 Å². The van der Waals surface area contributed by atoms with Crippen LogP contribution in [0, 0.1) is 5.92 Å². The van der Waals surface area contributed by atoms with Crippen LogP contribution in [0.15, 0.2) is 0 Å². The van der Waals surface area contributed by atoms with Crippen molar-refractivity contribution in [3.8, 4) is 0 Å². The molecule has 62 heavy (non-hydrogen) atoms. The summed E-state index contributed by atoms with van der Waals surface area (Å²) in [6.07, 6.45) is 27.6. The van der Waals surface area contributed by atoms with Gasteiger partial charge < -0.3 is 24.6 Å². The zero-order chi connectivity index (χ0) is 43.5. The van der Waals surface area contributed by atoms with E-state index in [1.54, 1.807) is 14.2 Å². The molecule has 0 bridgehead atoms. The van der Waals surface area contributed by atoms with Gasteiger partial charge in [0.15, 0.2) is 0 Å². The molecule has 354 valence electrons. The van der Waals surface area contributed by atoms with Crippen LogP contribution in [-0.4, -0.2) is 132 Å². The number of methoxy groups -OCH3 is 2. The van der Waals surface area contributed by atoms with Crippen LogP contribution >= 0.6 is 0 Å². The molecule has 1 atom stereocenters. The van der Waals surface area contributed by atoms with Crippen LogP contribution in [0.2, 0.25) is 0 Å². The molecule has 3 saturated heterocycles. The maximum atomic E-state index is 6.93. The topological polar surface area (TPSA) is 113 Å². The first-order valence-electron chi connectivity index (χ1n) is 25.4. The largest absolute Gasteiger partial charge is 0.364 e. The van der Waals surface area contributed by atoms with E-state index in [1.165, 1.54) is 83.5 Å². The van der Waals surface area contributed by atoms with Crippen molar-refractivity contribution in [3.05, 3.63) is 0 Å². The molecule has 3 saturated carbocycles. The zero-order valence-corrected chi connectivity index (χ0v) is 40.2. The summed E-state index contributed by atoms with van der Waals surface area (Å²) in [7, 11) is 3.56. The van der Waals surface area contributed by atoms with Gasteiger partial charge in [0.2, 0.25) is 17.8 Å². The van der Waals surface area contributed by atoms with Gasteiger partial charge in [-0.1, -0.05) is 71.1 Å². The SMILES string of the molecule is CCCC(Nc1nc(N(COC)C2CCN(OC3CCCCC3)CC2)nc(N(COC)C2CCN(OC3CCCCC3)CC2)n1)C1CC(C)(C)N(OC2CCCCC2)C(C)(C)C1. The lowest BCUT2D eigenvalue weighted by Crippen LogP contribution is -2.63. The van der Waals surface area contributed by atoms with E-state index < -0.39 is 0 Å². The van der Waals surface area contributed by atoms with E-state index in [4.69, 9.17) is 38.9 Å². The predicted octanol–water partition coefficient (Wildman–Crippen LogP) is 9.26. The van der Waals surface area contributed by atoms with E-state index in [0.29, 0.717) is 55.5 Å². The van der Waals surface area contributed by atoms with Crippen molar-refractivity contribution in [1.29, 1.82) is 0 Å². The number of nitrogens with one attached hydrogen (secondary N) is 1. The van der Waals surface area contributed by atoms with Crippen LogP contribution < -0.4 is 15.1 Å². The summed E-state index contributed by atoms with van der Waals surface area (Å²) in [5.74, 6) is 2.37. The smallest absolute Gasteiger partial charge is 0.234 e. The number of hydrogen-bond acceptors (Lipinski definition) is 14. The third-order valence-corrected chi connectivity index (χ3v) is 15.0. The molecule has 3 aliphatic carbocycles. The fraction of sp³-hybridized carbons (Fsp3) is 0.938. The third-order valence-electron chi connectivity index (χ3n) is 15.0. The van der Waals surface area contributed by atoms with Crippen LogP contribution in [0.4, 0.5) is 17.8 Å². The van der Waals surface area contributed by atoms with Crippen LogP contribution in [0.1, 0.15) is 182 Å². The molecule has 4 heterocycles. The number of piperidine rings is 3. The first-order valence-corrected chi connectivity index (χ1v) is 25.4. The Morgan fingerprint density at radius 2 is 0.984 bits per heavy atom. The Morgan fingerprint density at radius 3 is 1.37 bits per heavy atom. The second kappa shape index (κ2) is 23.0. The molecule has 1 unspecified atom stereocenters. The Labute approximate surface area is 375 Å². The lowest BCUT2D eigenvalue weighted by molar-refractivity contribution is -0.314. The standard InChI is InChI=1S/C48H87N9O5/c1-8-18-43(37-33-47(2,3)57(48(4,5)34-37)62-42-23-16-11-17-24-42)49-44-50-45(55(35-58-6)38-25-29-53(30-26-38)60-40-19-12-9-13-20-40)52-46(51-44)56(36-59-7)39-27-31-54(32-28-39)61-41-21-14-10-15-22-41/h37-43H,8-36H2,1-7H3,(H,49,50,51,52). The number of rotatable bonds is 19. The number of ether oxygens (including phenoxy) is 2. The highest BCUT2D eigenvalue weighted by atomic mass is 16.7. The highest BCUT2D eigenvalue weighted by Gasteiger charge is 2.49. The van der Waals surface area contributed by atoms with Gasteiger partial charge in [-0.2, -0.15) is 30.1 Å². The lowest BCUT2D eigenvalue weighted by Gasteiger charge is -2.56. The maximum Gasteiger partial charge on any atom is 0.234 e. The van der Waals surface area contributed by atoms with E-state index in [9.17, 15) is 0 Å². The number of nitrogens with zero attached hydrogens (tertiary/aromatic N) is 8. The number of aromatic nitrogens is 3. The summed E-state index contributed by atoms with van der Waals surface area (Å²) in [6, 6.07) is 0.606. The molecule has 6 aliphatic rings. The molecular formula is C48H87N9O5. The van der Waals surface area contributed by atoms with Crippen molar-refractivity contribution in [2.24, 2.45) is 5.92 Å². The van der Waals surface area contributed by atoms with Gasteiger partial charge in [0.1, 0.15) is 13.5 Å². The second-order valence-corrected chi connectivity index (χ2v) is 21.1. The highest BCUT2D eigenvalue weighted by molar-refractivity contribution is 5.47. The van der Waals surface area contributed by atoms with Gasteiger partial charge in [-0.3, -0.25) is 14.5 Å². The minimum Gasteiger partial charge on any atom is -0.364 e. The number of hydrogen-bond donors (Lipinski definition) is 1.